The normalized spacial score (nSPS) is 9.54. The summed E-state index contributed by atoms with van der Waals surface area (Å²) in [5.41, 5.74) is 1.03. The van der Waals surface area contributed by atoms with Gasteiger partial charge in [0.05, 0.1) is 17.3 Å². The molecule has 68 valence electrons. The quantitative estimate of drug-likeness (QED) is 0.733. The minimum absolute atomic E-state index is 0. The maximum absolute atomic E-state index is 10.6. The van der Waals surface area contributed by atoms with Gasteiger partial charge in [-0.2, -0.15) is 0 Å². The second kappa shape index (κ2) is 3.45. The van der Waals surface area contributed by atoms with E-state index in [1.165, 1.54) is 6.20 Å². The van der Waals surface area contributed by atoms with Crippen molar-refractivity contribution in [1.29, 1.82) is 0 Å². The molecule has 0 bridgehead atoms. The van der Waals surface area contributed by atoms with E-state index in [9.17, 15) is 4.79 Å². The molecule has 2 aromatic heterocycles. The standard InChI is InChI=1S/C8H6N2O2.ClH/c11-8(12)6-3-10-7-4-9-2-1-5(6)7;/h1-4,10H,(H,11,12);1H. The molecular weight excluding hydrogens is 192 g/mol. The Hall–Kier alpha value is -1.55. The number of rotatable bonds is 1. The van der Waals surface area contributed by atoms with Gasteiger partial charge in [0.25, 0.3) is 0 Å². The Labute approximate surface area is 80.0 Å². The van der Waals surface area contributed by atoms with Crippen LogP contribution < -0.4 is 0 Å². The van der Waals surface area contributed by atoms with Crippen molar-refractivity contribution in [2.45, 2.75) is 0 Å². The van der Waals surface area contributed by atoms with E-state index in [4.69, 9.17) is 5.11 Å². The summed E-state index contributed by atoms with van der Waals surface area (Å²) in [5, 5.41) is 9.42. The van der Waals surface area contributed by atoms with E-state index in [2.05, 4.69) is 9.97 Å². The van der Waals surface area contributed by atoms with Crippen molar-refractivity contribution in [2.24, 2.45) is 0 Å². The molecule has 0 unspecified atom stereocenters. The number of carbonyl (C=O) groups is 1. The van der Waals surface area contributed by atoms with E-state index < -0.39 is 5.97 Å². The zero-order chi connectivity index (χ0) is 8.55. The van der Waals surface area contributed by atoms with Crippen LogP contribution in [0.3, 0.4) is 0 Å². The number of halogens is 1. The summed E-state index contributed by atoms with van der Waals surface area (Å²) in [4.78, 5) is 17.3. The van der Waals surface area contributed by atoms with Crippen molar-refractivity contribution < 1.29 is 9.90 Å². The summed E-state index contributed by atoms with van der Waals surface area (Å²) in [6, 6.07) is 1.68. The van der Waals surface area contributed by atoms with Crippen LogP contribution in [0.25, 0.3) is 10.9 Å². The fraction of sp³-hybridized carbons (Fsp3) is 0. The van der Waals surface area contributed by atoms with E-state index >= 15 is 0 Å². The number of pyridine rings is 1. The fourth-order valence-corrected chi connectivity index (χ4v) is 1.15. The summed E-state index contributed by atoms with van der Waals surface area (Å²) in [5.74, 6) is -0.924. The number of hydrogen-bond acceptors (Lipinski definition) is 2. The second-order valence-electron chi connectivity index (χ2n) is 2.43. The average Bonchev–Trinajstić information content (AvgIpc) is 2.47. The molecule has 0 aliphatic carbocycles. The van der Waals surface area contributed by atoms with E-state index in [0.29, 0.717) is 5.39 Å². The molecule has 0 saturated heterocycles. The molecule has 5 heteroatoms. The Kier molecular flexibility index (Phi) is 2.53. The fourth-order valence-electron chi connectivity index (χ4n) is 1.15. The summed E-state index contributed by atoms with van der Waals surface area (Å²) in [6.07, 6.45) is 4.64. The van der Waals surface area contributed by atoms with Gasteiger partial charge in [-0.05, 0) is 6.07 Å². The molecule has 2 aromatic rings. The van der Waals surface area contributed by atoms with Crippen LogP contribution >= 0.6 is 12.4 Å². The molecule has 4 nitrogen and oxygen atoms in total. The molecule has 13 heavy (non-hydrogen) atoms. The summed E-state index contributed by atoms with van der Waals surface area (Å²) in [6.45, 7) is 0. The van der Waals surface area contributed by atoms with E-state index in [0.717, 1.165) is 5.52 Å². The lowest BCUT2D eigenvalue weighted by atomic mass is 10.2. The van der Waals surface area contributed by atoms with Gasteiger partial charge in [0.15, 0.2) is 0 Å². The largest absolute Gasteiger partial charge is 0.478 e. The Morgan fingerprint density at radius 1 is 1.54 bits per heavy atom. The summed E-state index contributed by atoms with van der Waals surface area (Å²) in [7, 11) is 0. The summed E-state index contributed by atoms with van der Waals surface area (Å²) < 4.78 is 0. The lowest BCUT2D eigenvalue weighted by Crippen LogP contribution is -1.93. The number of aromatic carboxylic acids is 1. The highest BCUT2D eigenvalue weighted by Gasteiger charge is 2.08. The van der Waals surface area contributed by atoms with Crippen LogP contribution in [0.1, 0.15) is 10.4 Å². The Morgan fingerprint density at radius 3 is 3.00 bits per heavy atom. The number of nitrogens with one attached hydrogen (secondary N) is 1. The van der Waals surface area contributed by atoms with E-state index in [1.54, 1.807) is 18.5 Å². The number of hydrogen-bond donors (Lipinski definition) is 2. The van der Waals surface area contributed by atoms with Crippen LogP contribution in [0.2, 0.25) is 0 Å². The first kappa shape index (κ1) is 9.54. The highest BCUT2D eigenvalue weighted by atomic mass is 35.5. The molecule has 2 rings (SSSR count). The smallest absolute Gasteiger partial charge is 0.337 e. The van der Waals surface area contributed by atoms with Crippen LogP contribution in [0, 0.1) is 0 Å². The minimum atomic E-state index is -0.924. The number of fused-ring (bicyclic) bond motifs is 1. The molecule has 0 radical (unpaired) electrons. The van der Waals surface area contributed by atoms with Crippen LogP contribution in [0.15, 0.2) is 24.7 Å². The predicted octanol–water partition coefficient (Wildman–Crippen LogP) is 1.68. The van der Waals surface area contributed by atoms with Crippen molar-refractivity contribution in [2.75, 3.05) is 0 Å². The van der Waals surface area contributed by atoms with Gasteiger partial charge in [0.2, 0.25) is 0 Å². The Morgan fingerprint density at radius 2 is 2.31 bits per heavy atom. The van der Waals surface area contributed by atoms with Gasteiger partial charge in [-0.1, -0.05) is 0 Å². The van der Waals surface area contributed by atoms with Gasteiger partial charge in [-0.25, -0.2) is 4.79 Å². The Bertz CT molecular complexity index is 438. The number of aromatic nitrogens is 2. The maximum atomic E-state index is 10.6. The maximum Gasteiger partial charge on any atom is 0.337 e. The van der Waals surface area contributed by atoms with Gasteiger partial charge >= 0.3 is 5.97 Å². The molecule has 2 heterocycles. The van der Waals surface area contributed by atoms with Gasteiger partial charge < -0.3 is 10.1 Å². The first-order valence-corrected chi connectivity index (χ1v) is 3.43. The monoisotopic (exact) mass is 198 g/mol. The third kappa shape index (κ3) is 1.48. The highest BCUT2D eigenvalue weighted by molar-refractivity contribution is 6.02. The molecule has 0 saturated carbocycles. The molecule has 0 fully saturated rings. The number of carboxylic acid groups (broad SMARTS) is 1. The molecule has 0 aliphatic rings. The topological polar surface area (TPSA) is 66.0 Å². The zero-order valence-corrected chi connectivity index (χ0v) is 7.34. The third-order valence-electron chi connectivity index (χ3n) is 1.71. The predicted molar refractivity (Wildman–Crippen MR) is 50.3 cm³/mol. The second-order valence-corrected chi connectivity index (χ2v) is 2.43. The van der Waals surface area contributed by atoms with Gasteiger partial charge in [-0.15, -0.1) is 12.4 Å². The molecule has 0 atom stereocenters. The highest BCUT2D eigenvalue weighted by Crippen LogP contribution is 2.15. The van der Waals surface area contributed by atoms with Gasteiger partial charge in [0, 0.05) is 17.8 Å². The van der Waals surface area contributed by atoms with Crippen molar-refractivity contribution in [3.8, 4) is 0 Å². The molecule has 0 amide bonds. The Balaban J connectivity index is 0.000000845. The molecule has 0 aromatic carbocycles. The lowest BCUT2D eigenvalue weighted by molar-refractivity contribution is 0.0699. The van der Waals surface area contributed by atoms with E-state index in [-0.39, 0.29) is 18.0 Å². The first-order valence-electron chi connectivity index (χ1n) is 3.43. The minimum Gasteiger partial charge on any atom is -0.478 e. The van der Waals surface area contributed by atoms with Gasteiger partial charge in [-0.3, -0.25) is 4.98 Å². The van der Waals surface area contributed by atoms with E-state index in [1.807, 2.05) is 0 Å². The van der Waals surface area contributed by atoms with Crippen molar-refractivity contribution in [3.63, 3.8) is 0 Å². The van der Waals surface area contributed by atoms with Crippen molar-refractivity contribution in [1.82, 2.24) is 9.97 Å². The molecule has 2 N–H and O–H groups in total. The zero-order valence-electron chi connectivity index (χ0n) is 6.52. The van der Waals surface area contributed by atoms with Crippen LogP contribution in [0.4, 0.5) is 0 Å². The first-order chi connectivity index (χ1) is 5.79. The number of aromatic amines is 1. The number of carboxylic acids is 1. The van der Waals surface area contributed by atoms with Crippen molar-refractivity contribution >= 4 is 29.3 Å². The molecule has 0 spiro atoms. The third-order valence-corrected chi connectivity index (χ3v) is 1.71. The number of nitrogens with zero attached hydrogens (tertiary/aromatic N) is 1. The summed E-state index contributed by atoms with van der Waals surface area (Å²) >= 11 is 0. The SMILES string of the molecule is Cl.O=C(O)c1c[nH]c2cnccc12. The lowest BCUT2D eigenvalue weighted by Gasteiger charge is -1.88. The van der Waals surface area contributed by atoms with Crippen molar-refractivity contribution in [3.05, 3.63) is 30.2 Å². The molecular formula is C8H7ClN2O2. The average molecular weight is 199 g/mol. The number of H-pyrrole nitrogens is 1. The van der Waals surface area contributed by atoms with Crippen LogP contribution in [0.5, 0.6) is 0 Å². The molecule has 0 aliphatic heterocycles. The van der Waals surface area contributed by atoms with Gasteiger partial charge in [0.1, 0.15) is 0 Å². The van der Waals surface area contributed by atoms with Crippen LogP contribution in [-0.4, -0.2) is 21.0 Å². The van der Waals surface area contributed by atoms with Crippen LogP contribution in [-0.2, 0) is 0 Å².